The lowest BCUT2D eigenvalue weighted by molar-refractivity contribution is -0.148. The molecule has 4 rings (SSSR count). The highest BCUT2D eigenvalue weighted by Crippen LogP contribution is 2.40. The summed E-state index contributed by atoms with van der Waals surface area (Å²) in [6.45, 7) is 8.27. The summed E-state index contributed by atoms with van der Waals surface area (Å²) in [5.41, 5.74) is 2.31. The van der Waals surface area contributed by atoms with E-state index in [0.717, 1.165) is 68.9 Å². The summed E-state index contributed by atoms with van der Waals surface area (Å²) in [5.74, 6) is 1.31. The second kappa shape index (κ2) is 10.9. The van der Waals surface area contributed by atoms with Gasteiger partial charge in [-0.3, -0.25) is 9.69 Å². The maximum atomic E-state index is 14.0. The molecule has 5 heteroatoms. The maximum Gasteiger partial charge on any atom is 0.229 e. The molecule has 33 heavy (non-hydrogen) atoms. The molecule has 0 aliphatic carbocycles. The molecule has 0 atom stereocenters. The average molecular weight is 469 g/mol. The second-order valence-electron chi connectivity index (χ2n) is 9.94. The van der Waals surface area contributed by atoms with Gasteiger partial charge in [-0.15, -0.1) is 0 Å². The molecule has 0 bridgehead atoms. The molecule has 2 aliphatic rings. The van der Waals surface area contributed by atoms with Crippen LogP contribution in [0.3, 0.4) is 0 Å². The van der Waals surface area contributed by atoms with Gasteiger partial charge < -0.3 is 9.64 Å². The molecule has 1 spiro atoms. The zero-order chi connectivity index (χ0) is 23.3. The fourth-order valence-electron chi connectivity index (χ4n) is 5.34. The van der Waals surface area contributed by atoms with Gasteiger partial charge in [0, 0.05) is 17.6 Å². The number of likely N-dealkylation sites (tertiary alicyclic amines) is 1. The van der Waals surface area contributed by atoms with Crippen LogP contribution in [0.15, 0.2) is 48.5 Å². The predicted octanol–water partition coefficient (Wildman–Crippen LogP) is 5.96. The maximum absolute atomic E-state index is 14.0. The highest BCUT2D eigenvalue weighted by Gasteiger charge is 2.43. The van der Waals surface area contributed by atoms with Crippen molar-refractivity contribution in [2.24, 2.45) is 5.41 Å². The van der Waals surface area contributed by atoms with E-state index in [-0.39, 0.29) is 11.5 Å². The van der Waals surface area contributed by atoms with E-state index in [1.165, 1.54) is 11.1 Å². The van der Waals surface area contributed by atoms with Crippen molar-refractivity contribution in [3.63, 3.8) is 0 Å². The number of para-hydroxylation sites is 1. The quantitative estimate of drug-likeness (QED) is 0.556. The first-order valence-electron chi connectivity index (χ1n) is 12.5. The lowest BCUT2D eigenvalue weighted by Gasteiger charge is -2.44. The Morgan fingerprint density at radius 1 is 0.970 bits per heavy atom. The van der Waals surface area contributed by atoms with Crippen LogP contribution < -0.4 is 4.74 Å². The van der Waals surface area contributed by atoms with Gasteiger partial charge in [0.2, 0.25) is 5.91 Å². The van der Waals surface area contributed by atoms with Gasteiger partial charge in [0.05, 0.1) is 12.0 Å². The SMILES string of the molecule is CC(C)N1CCOc2ccccc2CCCCC2(CCN(Cc3ccc(Cl)cc3)CC2)C1=O. The van der Waals surface area contributed by atoms with E-state index in [1.54, 1.807) is 0 Å². The third-order valence-corrected chi connectivity index (χ3v) is 7.64. The number of hydrogen-bond acceptors (Lipinski definition) is 3. The minimum Gasteiger partial charge on any atom is -0.491 e. The van der Waals surface area contributed by atoms with E-state index in [2.05, 4.69) is 54.0 Å². The second-order valence-corrected chi connectivity index (χ2v) is 10.4. The molecule has 1 amide bonds. The molecule has 0 radical (unpaired) electrons. The van der Waals surface area contributed by atoms with Gasteiger partial charge in [-0.1, -0.05) is 48.4 Å². The van der Waals surface area contributed by atoms with Gasteiger partial charge in [-0.2, -0.15) is 0 Å². The molecule has 2 aromatic carbocycles. The number of amides is 1. The zero-order valence-corrected chi connectivity index (χ0v) is 20.8. The minimum atomic E-state index is -0.251. The molecule has 0 unspecified atom stereocenters. The number of hydrogen-bond donors (Lipinski definition) is 0. The molecule has 1 fully saturated rings. The highest BCUT2D eigenvalue weighted by molar-refractivity contribution is 6.30. The van der Waals surface area contributed by atoms with Crippen molar-refractivity contribution in [3.8, 4) is 5.75 Å². The van der Waals surface area contributed by atoms with Gasteiger partial charge in [-0.25, -0.2) is 0 Å². The zero-order valence-electron chi connectivity index (χ0n) is 20.1. The Hall–Kier alpha value is -2.04. The van der Waals surface area contributed by atoms with Gasteiger partial charge >= 0.3 is 0 Å². The van der Waals surface area contributed by atoms with Crippen molar-refractivity contribution in [2.75, 3.05) is 26.2 Å². The van der Waals surface area contributed by atoms with E-state index in [4.69, 9.17) is 16.3 Å². The van der Waals surface area contributed by atoms with Crippen LogP contribution in [0.25, 0.3) is 0 Å². The first-order valence-corrected chi connectivity index (χ1v) is 12.8. The Bertz CT molecular complexity index is 920. The van der Waals surface area contributed by atoms with Crippen LogP contribution in [0, 0.1) is 5.41 Å². The number of piperidine rings is 1. The molecule has 0 aromatic heterocycles. The molecule has 2 aromatic rings. The Balaban J connectivity index is 1.47. The van der Waals surface area contributed by atoms with E-state index in [1.807, 2.05) is 18.2 Å². The monoisotopic (exact) mass is 468 g/mol. The minimum absolute atomic E-state index is 0.170. The molecule has 2 aliphatic heterocycles. The number of aryl methyl sites for hydroxylation is 1. The molecule has 0 saturated carbocycles. The summed E-state index contributed by atoms with van der Waals surface area (Å²) < 4.78 is 6.15. The van der Waals surface area contributed by atoms with Gasteiger partial charge in [-0.05, 0) is 88.4 Å². The first-order chi connectivity index (χ1) is 16.0. The Labute approximate surface area is 203 Å². The van der Waals surface area contributed by atoms with Crippen LogP contribution >= 0.6 is 11.6 Å². The molecular formula is C28H37ClN2O2. The molecule has 178 valence electrons. The number of benzene rings is 2. The summed E-state index contributed by atoms with van der Waals surface area (Å²) >= 11 is 6.05. The third kappa shape index (κ3) is 5.91. The number of carbonyl (C=O) groups excluding carboxylic acids is 1. The van der Waals surface area contributed by atoms with Crippen LogP contribution in [0.4, 0.5) is 0 Å². The van der Waals surface area contributed by atoms with Crippen LogP contribution in [0.5, 0.6) is 5.75 Å². The molecule has 1 saturated heterocycles. The summed E-state index contributed by atoms with van der Waals surface area (Å²) in [4.78, 5) is 18.5. The molecular weight excluding hydrogens is 432 g/mol. The van der Waals surface area contributed by atoms with Crippen molar-refractivity contribution in [1.82, 2.24) is 9.80 Å². The predicted molar refractivity (Wildman–Crippen MR) is 135 cm³/mol. The third-order valence-electron chi connectivity index (χ3n) is 7.38. The van der Waals surface area contributed by atoms with Gasteiger partial charge in [0.1, 0.15) is 12.4 Å². The first kappa shape index (κ1) is 24.1. The van der Waals surface area contributed by atoms with Gasteiger partial charge in [0.25, 0.3) is 0 Å². The number of rotatable bonds is 3. The number of nitrogens with zero attached hydrogens (tertiary/aromatic N) is 2. The summed E-state index contributed by atoms with van der Waals surface area (Å²) in [5, 5.41) is 0.774. The number of fused-ring (bicyclic) bond motifs is 1. The van der Waals surface area contributed by atoms with E-state index >= 15 is 0 Å². The van der Waals surface area contributed by atoms with Crippen molar-refractivity contribution < 1.29 is 9.53 Å². The topological polar surface area (TPSA) is 32.8 Å². The summed E-state index contributed by atoms with van der Waals surface area (Å²) in [7, 11) is 0. The van der Waals surface area contributed by atoms with E-state index < -0.39 is 0 Å². The van der Waals surface area contributed by atoms with E-state index in [0.29, 0.717) is 19.1 Å². The van der Waals surface area contributed by atoms with Crippen LogP contribution in [-0.2, 0) is 17.8 Å². The van der Waals surface area contributed by atoms with Crippen molar-refractivity contribution in [3.05, 3.63) is 64.7 Å². The van der Waals surface area contributed by atoms with Crippen LogP contribution in [0.1, 0.15) is 57.1 Å². The largest absolute Gasteiger partial charge is 0.491 e. The lowest BCUT2D eigenvalue weighted by atomic mass is 9.72. The standard InChI is InChI=1S/C28H37ClN2O2/c1-22(2)31-19-20-33-26-9-4-3-7-24(26)8-5-6-14-28(27(31)32)15-17-30(18-16-28)21-23-10-12-25(29)13-11-23/h3-4,7,9-13,22H,5-6,8,14-21H2,1-2H3. The Morgan fingerprint density at radius 2 is 1.70 bits per heavy atom. The number of carbonyl (C=O) groups is 1. The van der Waals surface area contributed by atoms with Crippen LogP contribution in [-0.4, -0.2) is 48.0 Å². The fourth-order valence-corrected chi connectivity index (χ4v) is 5.47. The Morgan fingerprint density at radius 3 is 2.42 bits per heavy atom. The highest BCUT2D eigenvalue weighted by atomic mass is 35.5. The molecule has 2 heterocycles. The summed E-state index contributed by atoms with van der Waals surface area (Å²) in [6.07, 6.45) is 6.01. The van der Waals surface area contributed by atoms with Gasteiger partial charge in [0.15, 0.2) is 0 Å². The van der Waals surface area contributed by atoms with Crippen molar-refractivity contribution in [1.29, 1.82) is 0 Å². The average Bonchev–Trinajstić information content (AvgIpc) is 2.81. The normalized spacial score (nSPS) is 20.1. The smallest absolute Gasteiger partial charge is 0.229 e. The molecule has 0 N–H and O–H groups in total. The lowest BCUT2D eigenvalue weighted by Crippen LogP contribution is -2.53. The van der Waals surface area contributed by atoms with E-state index in [9.17, 15) is 4.79 Å². The fraction of sp³-hybridized carbons (Fsp3) is 0.536. The molecule has 4 nitrogen and oxygen atoms in total. The van der Waals surface area contributed by atoms with Crippen molar-refractivity contribution >= 4 is 17.5 Å². The summed E-state index contributed by atoms with van der Waals surface area (Å²) in [6, 6.07) is 16.6. The Kier molecular flexibility index (Phi) is 7.98. The number of halogens is 1. The number of ether oxygens (including phenoxy) is 1. The van der Waals surface area contributed by atoms with Crippen LogP contribution in [0.2, 0.25) is 5.02 Å². The van der Waals surface area contributed by atoms with Crippen molar-refractivity contribution in [2.45, 2.75) is 65.0 Å².